The molecule has 0 aromatic heterocycles. The molecular formula is C16H26N2O3. The molecule has 0 amide bonds. The maximum atomic E-state index is 6.47. The molecule has 2 unspecified atom stereocenters. The van der Waals surface area contributed by atoms with Crippen molar-refractivity contribution in [3.05, 3.63) is 23.8 Å². The minimum atomic E-state index is -0.268. The summed E-state index contributed by atoms with van der Waals surface area (Å²) in [5, 5.41) is 0. The number of nitrogens with two attached hydrogens (primary N) is 1. The molecule has 2 rings (SSSR count). The number of hydrogen-bond acceptors (Lipinski definition) is 5. The van der Waals surface area contributed by atoms with Crippen LogP contribution in [0.5, 0.6) is 11.5 Å². The second-order valence-corrected chi connectivity index (χ2v) is 5.31. The standard InChI is InChI=1S/C16H26N2O3/c1-4-8-18-9-10-21-14(11-18)16(17)15-12(19-2)6-5-7-13(15)20-3/h5-7,14,16H,4,8-11,17H2,1-3H3. The highest BCUT2D eigenvalue weighted by Crippen LogP contribution is 2.35. The minimum Gasteiger partial charge on any atom is -0.496 e. The summed E-state index contributed by atoms with van der Waals surface area (Å²) in [6.45, 7) is 5.80. The zero-order valence-corrected chi connectivity index (χ0v) is 13.2. The largest absolute Gasteiger partial charge is 0.496 e. The molecule has 118 valence electrons. The molecule has 5 nitrogen and oxygen atoms in total. The first kappa shape index (κ1) is 16.1. The third-order valence-corrected chi connectivity index (χ3v) is 3.92. The number of hydrogen-bond donors (Lipinski definition) is 1. The number of rotatable bonds is 6. The Hall–Kier alpha value is -1.30. The van der Waals surface area contributed by atoms with Crippen LogP contribution < -0.4 is 15.2 Å². The van der Waals surface area contributed by atoms with Crippen LogP contribution in [0.4, 0.5) is 0 Å². The Morgan fingerprint density at radius 1 is 1.33 bits per heavy atom. The zero-order valence-electron chi connectivity index (χ0n) is 13.2. The van der Waals surface area contributed by atoms with E-state index in [4.69, 9.17) is 19.9 Å². The van der Waals surface area contributed by atoms with Crippen molar-refractivity contribution in [2.24, 2.45) is 5.73 Å². The Morgan fingerprint density at radius 2 is 2.00 bits per heavy atom. The van der Waals surface area contributed by atoms with Gasteiger partial charge in [0.25, 0.3) is 0 Å². The van der Waals surface area contributed by atoms with Gasteiger partial charge in [0.1, 0.15) is 11.5 Å². The van der Waals surface area contributed by atoms with Gasteiger partial charge in [-0.15, -0.1) is 0 Å². The SMILES string of the molecule is CCCN1CCOC(C(N)c2c(OC)cccc2OC)C1. The first-order valence-electron chi connectivity index (χ1n) is 7.51. The van der Waals surface area contributed by atoms with E-state index in [9.17, 15) is 0 Å². The van der Waals surface area contributed by atoms with Gasteiger partial charge >= 0.3 is 0 Å². The predicted octanol–water partition coefficient (Wildman–Crippen LogP) is 1.81. The molecule has 1 aromatic rings. The highest BCUT2D eigenvalue weighted by molar-refractivity contribution is 5.47. The van der Waals surface area contributed by atoms with E-state index in [-0.39, 0.29) is 12.1 Å². The van der Waals surface area contributed by atoms with Crippen LogP contribution in [0.15, 0.2) is 18.2 Å². The van der Waals surface area contributed by atoms with Crippen LogP contribution >= 0.6 is 0 Å². The van der Waals surface area contributed by atoms with Gasteiger partial charge in [-0.1, -0.05) is 13.0 Å². The molecule has 1 saturated heterocycles. The van der Waals surface area contributed by atoms with E-state index in [1.807, 2.05) is 18.2 Å². The van der Waals surface area contributed by atoms with Crippen molar-refractivity contribution in [2.75, 3.05) is 40.5 Å². The van der Waals surface area contributed by atoms with Crippen LogP contribution in [0.25, 0.3) is 0 Å². The maximum absolute atomic E-state index is 6.47. The van der Waals surface area contributed by atoms with E-state index in [1.165, 1.54) is 0 Å². The van der Waals surface area contributed by atoms with E-state index in [0.717, 1.165) is 49.7 Å². The van der Waals surface area contributed by atoms with Gasteiger partial charge in [0.05, 0.1) is 38.5 Å². The molecule has 1 heterocycles. The highest BCUT2D eigenvalue weighted by Gasteiger charge is 2.30. The monoisotopic (exact) mass is 294 g/mol. The van der Waals surface area contributed by atoms with E-state index in [2.05, 4.69) is 11.8 Å². The average Bonchev–Trinajstić information content (AvgIpc) is 2.54. The summed E-state index contributed by atoms with van der Waals surface area (Å²) in [7, 11) is 3.30. The summed E-state index contributed by atoms with van der Waals surface area (Å²) in [4.78, 5) is 2.40. The van der Waals surface area contributed by atoms with Crippen LogP contribution in [0.2, 0.25) is 0 Å². The van der Waals surface area contributed by atoms with Gasteiger partial charge in [0.15, 0.2) is 0 Å². The van der Waals surface area contributed by atoms with E-state index < -0.39 is 0 Å². The molecule has 1 fully saturated rings. The Kier molecular flexibility index (Phi) is 5.85. The van der Waals surface area contributed by atoms with Gasteiger partial charge in [-0.2, -0.15) is 0 Å². The number of morpholine rings is 1. The summed E-state index contributed by atoms with van der Waals surface area (Å²) in [5.74, 6) is 1.50. The molecule has 0 aliphatic carbocycles. The fourth-order valence-corrected chi connectivity index (χ4v) is 2.86. The summed E-state index contributed by atoms with van der Waals surface area (Å²) >= 11 is 0. The van der Waals surface area contributed by atoms with Crippen molar-refractivity contribution in [1.29, 1.82) is 0 Å². The van der Waals surface area contributed by atoms with Gasteiger partial charge in [0, 0.05) is 13.1 Å². The van der Waals surface area contributed by atoms with Gasteiger partial charge in [-0.3, -0.25) is 4.90 Å². The van der Waals surface area contributed by atoms with Gasteiger partial charge in [0.2, 0.25) is 0 Å². The predicted molar refractivity (Wildman–Crippen MR) is 82.9 cm³/mol. The van der Waals surface area contributed by atoms with Crippen molar-refractivity contribution >= 4 is 0 Å². The molecule has 1 aromatic carbocycles. The fourth-order valence-electron chi connectivity index (χ4n) is 2.86. The Bertz CT molecular complexity index is 429. The molecule has 1 aliphatic rings. The van der Waals surface area contributed by atoms with Crippen LogP contribution in [0.3, 0.4) is 0 Å². The molecule has 5 heteroatoms. The molecule has 21 heavy (non-hydrogen) atoms. The maximum Gasteiger partial charge on any atom is 0.127 e. The quantitative estimate of drug-likeness (QED) is 0.867. The number of nitrogens with zero attached hydrogens (tertiary/aromatic N) is 1. The lowest BCUT2D eigenvalue weighted by Gasteiger charge is -2.36. The van der Waals surface area contributed by atoms with Crippen molar-refractivity contribution in [3.63, 3.8) is 0 Å². The average molecular weight is 294 g/mol. The Labute approximate surface area is 127 Å². The first-order chi connectivity index (χ1) is 10.2. The third kappa shape index (κ3) is 3.67. The molecule has 0 bridgehead atoms. The second-order valence-electron chi connectivity index (χ2n) is 5.31. The second kappa shape index (κ2) is 7.64. The lowest BCUT2D eigenvalue weighted by Crippen LogP contribution is -2.47. The number of methoxy groups -OCH3 is 2. The fraction of sp³-hybridized carbons (Fsp3) is 0.625. The van der Waals surface area contributed by atoms with Crippen molar-refractivity contribution in [1.82, 2.24) is 4.90 Å². The molecule has 2 N–H and O–H groups in total. The minimum absolute atomic E-state index is 0.0458. The lowest BCUT2D eigenvalue weighted by atomic mass is 9.98. The molecule has 0 saturated carbocycles. The van der Waals surface area contributed by atoms with Crippen LogP contribution in [0, 0.1) is 0 Å². The molecular weight excluding hydrogens is 268 g/mol. The Morgan fingerprint density at radius 3 is 2.57 bits per heavy atom. The zero-order chi connectivity index (χ0) is 15.2. The molecule has 0 spiro atoms. The summed E-state index contributed by atoms with van der Waals surface area (Å²) in [6, 6.07) is 5.45. The van der Waals surface area contributed by atoms with Gasteiger partial charge in [-0.05, 0) is 25.1 Å². The van der Waals surface area contributed by atoms with Gasteiger partial charge < -0.3 is 19.9 Å². The third-order valence-electron chi connectivity index (χ3n) is 3.92. The number of benzene rings is 1. The highest BCUT2D eigenvalue weighted by atomic mass is 16.5. The summed E-state index contributed by atoms with van der Waals surface area (Å²) in [6.07, 6.45) is 1.09. The normalized spacial score (nSPS) is 21.0. The smallest absolute Gasteiger partial charge is 0.127 e. The molecule has 2 atom stereocenters. The molecule has 0 radical (unpaired) electrons. The van der Waals surface area contributed by atoms with Crippen molar-refractivity contribution < 1.29 is 14.2 Å². The van der Waals surface area contributed by atoms with Crippen LogP contribution in [-0.2, 0) is 4.74 Å². The van der Waals surface area contributed by atoms with Gasteiger partial charge in [-0.25, -0.2) is 0 Å². The summed E-state index contributed by atoms with van der Waals surface area (Å²) < 4.78 is 16.8. The topological polar surface area (TPSA) is 57.0 Å². The van der Waals surface area contributed by atoms with E-state index in [1.54, 1.807) is 14.2 Å². The van der Waals surface area contributed by atoms with E-state index >= 15 is 0 Å². The van der Waals surface area contributed by atoms with Crippen LogP contribution in [0.1, 0.15) is 24.9 Å². The van der Waals surface area contributed by atoms with Crippen LogP contribution in [-0.4, -0.2) is 51.5 Å². The van der Waals surface area contributed by atoms with Crippen molar-refractivity contribution in [3.8, 4) is 11.5 Å². The number of ether oxygens (including phenoxy) is 3. The molecule has 1 aliphatic heterocycles. The first-order valence-corrected chi connectivity index (χ1v) is 7.51. The lowest BCUT2D eigenvalue weighted by molar-refractivity contribution is -0.0413. The summed E-state index contributed by atoms with van der Waals surface area (Å²) in [5.41, 5.74) is 7.35. The van der Waals surface area contributed by atoms with E-state index in [0.29, 0.717) is 0 Å². The van der Waals surface area contributed by atoms with Crippen molar-refractivity contribution in [2.45, 2.75) is 25.5 Å². The Balaban J connectivity index is 2.20.